The molecule has 0 radical (unpaired) electrons. The summed E-state index contributed by atoms with van der Waals surface area (Å²) in [5, 5.41) is 3.12. The van der Waals surface area contributed by atoms with Crippen LogP contribution in [0.4, 0.5) is 0 Å². The zero-order chi connectivity index (χ0) is 14.8. The van der Waals surface area contributed by atoms with Gasteiger partial charge in [-0.1, -0.05) is 6.92 Å². The van der Waals surface area contributed by atoms with E-state index in [0.717, 1.165) is 25.8 Å². The number of nitrogens with zero attached hydrogens (tertiary/aromatic N) is 1. The number of ether oxygens (including phenoxy) is 2. The smallest absolute Gasteiger partial charge is 0.237 e. The van der Waals surface area contributed by atoms with Crippen LogP contribution in [0, 0.1) is 0 Å². The molecule has 0 aliphatic carbocycles. The quantitative estimate of drug-likeness (QED) is 0.850. The Morgan fingerprint density at radius 3 is 2.65 bits per heavy atom. The van der Waals surface area contributed by atoms with Gasteiger partial charge in [0.05, 0.1) is 25.8 Å². The summed E-state index contributed by atoms with van der Waals surface area (Å²) in [4.78, 5) is 14.6. The molecule has 116 valence electrons. The molecule has 0 aromatic heterocycles. The van der Waals surface area contributed by atoms with Gasteiger partial charge in [0, 0.05) is 12.0 Å². The average molecular weight is 284 g/mol. The SMILES string of the molecule is CCC(C)(C)NC(=O)C(C)N1CCCC2(C1)OCCO2. The zero-order valence-electron chi connectivity index (χ0n) is 13.2. The molecule has 0 bridgehead atoms. The summed E-state index contributed by atoms with van der Waals surface area (Å²) in [6.07, 6.45) is 2.86. The van der Waals surface area contributed by atoms with Crippen LogP contribution in [-0.2, 0) is 14.3 Å². The van der Waals surface area contributed by atoms with E-state index < -0.39 is 5.79 Å². The number of nitrogens with one attached hydrogen (secondary N) is 1. The first-order chi connectivity index (χ1) is 9.37. The molecule has 1 spiro atoms. The molecule has 1 atom stereocenters. The fourth-order valence-corrected chi connectivity index (χ4v) is 2.77. The highest BCUT2D eigenvalue weighted by atomic mass is 16.7. The topological polar surface area (TPSA) is 50.8 Å². The Hall–Kier alpha value is -0.650. The Morgan fingerprint density at radius 1 is 1.40 bits per heavy atom. The van der Waals surface area contributed by atoms with Crippen molar-refractivity contribution in [1.29, 1.82) is 0 Å². The van der Waals surface area contributed by atoms with Gasteiger partial charge in [0.15, 0.2) is 5.79 Å². The molecule has 1 unspecified atom stereocenters. The molecule has 2 aliphatic rings. The van der Waals surface area contributed by atoms with Crippen LogP contribution in [0.2, 0.25) is 0 Å². The normalized spacial score (nSPS) is 24.8. The van der Waals surface area contributed by atoms with E-state index in [2.05, 4.69) is 31.0 Å². The van der Waals surface area contributed by atoms with Crippen molar-refractivity contribution in [3.05, 3.63) is 0 Å². The van der Waals surface area contributed by atoms with E-state index in [9.17, 15) is 4.79 Å². The van der Waals surface area contributed by atoms with Gasteiger partial charge in [-0.25, -0.2) is 0 Å². The van der Waals surface area contributed by atoms with Crippen LogP contribution < -0.4 is 5.32 Å². The van der Waals surface area contributed by atoms with Crippen molar-refractivity contribution >= 4 is 5.91 Å². The molecular weight excluding hydrogens is 256 g/mol. The minimum Gasteiger partial charge on any atom is -0.350 e. The number of piperidine rings is 1. The summed E-state index contributed by atoms with van der Waals surface area (Å²) in [6.45, 7) is 11.1. The van der Waals surface area contributed by atoms with Crippen molar-refractivity contribution in [3.8, 4) is 0 Å². The summed E-state index contributed by atoms with van der Waals surface area (Å²) in [7, 11) is 0. The van der Waals surface area contributed by atoms with Gasteiger partial charge in [0.2, 0.25) is 5.91 Å². The maximum atomic E-state index is 12.4. The van der Waals surface area contributed by atoms with Crippen molar-refractivity contribution in [1.82, 2.24) is 10.2 Å². The first-order valence-electron chi connectivity index (χ1n) is 7.71. The van der Waals surface area contributed by atoms with E-state index in [1.54, 1.807) is 0 Å². The Morgan fingerprint density at radius 2 is 2.05 bits per heavy atom. The number of carbonyl (C=O) groups is 1. The summed E-state index contributed by atoms with van der Waals surface area (Å²) >= 11 is 0. The molecule has 2 fully saturated rings. The van der Waals surface area contributed by atoms with Gasteiger partial charge in [0.25, 0.3) is 0 Å². The third-order valence-corrected chi connectivity index (χ3v) is 4.53. The molecule has 2 saturated heterocycles. The Kier molecular flexibility index (Phi) is 4.72. The summed E-state index contributed by atoms with van der Waals surface area (Å²) in [5.41, 5.74) is -0.154. The third kappa shape index (κ3) is 3.51. The van der Waals surface area contributed by atoms with Crippen LogP contribution in [0.1, 0.15) is 47.0 Å². The highest BCUT2D eigenvalue weighted by Crippen LogP contribution is 2.31. The second kappa shape index (κ2) is 6.00. The first-order valence-corrected chi connectivity index (χ1v) is 7.71. The van der Waals surface area contributed by atoms with E-state index in [-0.39, 0.29) is 17.5 Å². The number of carbonyl (C=O) groups excluding carboxylic acids is 1. The van der Waals surface area contributed by atoms with E-state index >= 15 is 0 Å². The Labute approximate surface area is 122 Å². The number of likely N-dealkylation sites (tertiary alicyclic amines) is 1. The highest BCUT2D eigenvalue weighted by molar-refractivity contribution is 5.82. The second-order valence-corrected chi connectivity index (χ2v) is 6.58. The molecule has 0 aromatic rings. The molecule has 20 heavy (non-hydrogen) atoms. The van der Waals surface area contributed by atoms with Crippen LogP contribution in [0.5, 0.6) is 0 Å². The third-order valence-electron chi connectivity index (χ3n) is 4.53. The molecule has 1 amide bonds. The van der Waals surface area contributed by atoms with Crippen molar-refractivity contribution in [2.75, 3.05) is 26.3 Å². The van der Waals surface area contributed by atoms with Gasteiger partial charge in [-0.2, -0.15) is 0 Å². The first kappa shape index (κ1) is 15.7. The minimum atomic E-state index is -0.465. The minimum absolute atomic E-state index is 0.0897. The summed E-state index contributed by atoms with van der Waals surface area (Å²) < 4.78 is 11.5. The number of hydrogen-bond donors (Lipinski definition) is 1. The van der Waals surface area contributed by atoms with E-state index in [0.29, 0.717) is 19.8 Å². The lowest BCUT2D eigenvalue weighted by molar-refractivity contribution is -0.193. The molecule has 5 heteroatoms. The number of hydrogen-bond acceptors (Lipinski definition) is 4. The fourth-order valence-electron chi connectivity index (χ4n) is 2.77. The maximum absolute atomic E-state index is 12.4. The molecular formula is C15H28N2O3. The van der Waals surface area contributed by atoms with Crippen LogP contribution in [-0.4, -0.2) is 54.5 Å². The molecule has 0 saturated carbocycles. The van der Waals surface area contributed by atoms with Gasteiger partial charge < -0.3 is 14.8 Å². The number of rotatable bonds is 4. The average Bonchev–Trinajstić information content (AvgIpc) is 2.85. The maximum Gasteiger partial charge on any atom is 0.237 e. The predicted octanol–water partition coefficient (Wildman–Crippen LogP) is 1.52. The molecule has 2 heterocycles. The second-order valence-electron chi connectivity index (χ2n) is 6.58. The van der Waals surface area contributed by atoms with Crippen LogP contribution in [0.3, 0.4) is 0 Å². The van der Waals surface area contributed by atoms with Crippen LogP contribution in [0.25, 0.3) is 0 Å². The standard InChI is InChI=1S/C15H28N2O3/c1-5-14(3,4)16-13(18)12(2)17-8-6-7-15(11-17)19-9-10-20-15/h12H,5-11H2,1-4H3,(H,16,18). The lowest BCUT2D eigenvalue weighted by Crippen LogP contribution is -2.57. The molecule has 2 aliphatic heterocycles. The van der Waals surface area contributed by atoms with Gasteiger partial charge >= 0.3 is 0 Å². The summed E-state index contributed by atoms with van der Waals surface area (Å²) in [6, 6.07) is -0.147. The van der Waals surface area contributed by atoms with Gasteiger partial charge in [0.1, 0.15) is 0 Å². The van der Waals surface area contributed by atoms with Crippen molar-refractivity contribution in [2.45, 2.75) is 64.3 Å². The largest absolute Gasteiger partial charge is 0.350 e. The highest BCUT2D eigenvalue weighted by Gasteiger charge is 2.42. The molecule has 1 N–H and O–H groups in total. The van der Waals surface area contributed by atoms with E-state index in [4.69, 9.17) is 9.47 Å². The van der Waals surface area contributed by atoms with Gasteiger partial charge in [-0.15, -0.1) is 0 Å². The predicted molar refractivity (Wildman–Crippen MR) is 77.4 cm³/mol. The fraction of sp³-hybridized carbons (Fsp3) is 0.933. The van der Waals surface area contributed by atoms with Crippen molar-refractivity contribution in [3.63, 3.8) is 0 Å². The molecule has 2 rings (SSSR count). The number of amides is 1. The summed E-state index contributed by atoms with van der Waals surface area (Å²) in [5.74, 6) is -0.375. The van der Waals surface area contributed by atoms with Gasteiger partial charge in [-0.3, -0.25) is 9.69 Å². The van der Waals surface area contributed by atoms with Crippen molar-refractivity contribution in [2.24, 2.45) is 0 Å². The molecule has 5 nitrogen and oxygen atoms in total. The monoisotopic (exact) mass is 284 g/mol. The molecule has 0 aromatic carbocycles. The lowest BCUT2D eigenvalue weighted by Gasteiger charge is -2.41. The van der Waals surface area contributed by atoms with Crippen molar-refractivity contribution < 1.29 is 14.3 Å². The van der Waals surface area contributed by atoms with Crippen LogP contribution in [0.15, 0.2) is 0 Å². The zero-order valence-corrected chi connectivity index (χ0v) is 13.2. The lowest BCUT2D eigenvalue weighted by atomic mass is 10.00. The Bertz CT molecular complexity index is 351. The van der Waals surface area contributed by atoms with E-state index in [1.165, 1.54) is 0 Å². The Balaban J connectivity index is 1.94. The van der Waals surface area contributed by atoms with E-state index in [1.807, 2.05) is 6.92 Å². The van der Waals surface area contributed by atoms with Crippen LogP contribution >= 0.6 is 0 Å². The van der Waals surface area contributed by atoms with Gasteiger partial charge in [-0.05, 0) is 40.2 Å².